The smallest absolute Gasteiger partial charge is 0.252 e. The van der Waals surface area contributed by atoms with E-state index in [1.807, 2.05) is 18.2 Å². The molecule has 0 N–H and O–H groups in total. The summed E-state index contributed by atoms with van der Waals surface area (Å²) in [6.07, 6.45) is 0. The Balaban J connectivity index is 2.18. The van der Waals surface area contributed by atoms with Crippen molar-refractivity contribution >= 4 is 21.4 Å². The number of nitriles is 1. The summed E-state index contributed by atoms with van der Waals surface area (Å²) in [5.74, 6) is 0.723. The summed E-state index contributed by atoms with van der Waals surface area (Å²) in [6, 6.07) is 12.1. The SMILES string of the molecule is COc1ccc(CN(C)S(=O)(=O)c2ccc(C#N)s2)cc1. The first-order valence-electron chi connectivity index (χ1n) is 6.06. The van der Waals surface area contributed by atoms with Gasteiger partial charge in [0.25, 0.3) is 10.0 Å². The largest absolute Gasteiger partial charge is 0.497 e. The summed E-state index contributed by atoms with van der Waals surface area (Å²) >= 11 is 0.974. The van der Waals surface area contributed by atoms with Gasteiger partial charge in [-0.15, -0.1) is 11.3 Å². The van der Waals surface area contributed by atoms with Crippen molar-refractivity contribution in [1.29, 1.82) is 5.26 Å². The Bertz CT molecular complexity index is 758. The number of nitrogens with zero attached hydrogens (tertiary/aromatic N) is 2. The van der Waals surface area contributed by atoms with E-state index < -0.39 is 10.0 Å². The fourth-order valence-corrected chi connectivity index (χ4v) is 4.22. The van der Waals surface area contributed by atoms with Crippen LogP contribution in [0.3, 0.4) is 0 Å². The molecule has 0 unspecified atom stereocenters. The molecule has 110 valence electrons. The van der Waals surface area contributed by atoms with Crippen LogP contribution in [0.15, 0.2) is 40.6 Å². The highest BCUT2D eigenvalue weighted by Gasteiger charge is 2.23. The molecule has 7 heteroatoms. The number of hydrogen-bond acceptors (Lipinski definition) is 5. The number of hydrogen-bond donors (Lipinski definition) is 0. The summed E-state index contributed by atoms with van der Waals surface area (Å²) in [6.45, 7) is 0.256. The fraction of sp³-hybridized carbons (Fsp3) is 0.214. The minimum Gasteiger partial charge on any atom is -0.497 e. The highest BCUT2D eigenvalue weighted by atomic mass is 32.2. The average Bonchev–Trinajstić information content (AvgIpc) is 2.97. The third kappa shape index (κ3) is 3.42. The van der Waals surface area contributed by atoms with Crippen LogP contribution >= 0.6 is 11.3 Å². The van der Waals surface area contributed by atoms with Crippen LogP contribution in [0.1, 0.15) is 10.4 Å². The van der Waals surface area contributed by atoms with E-state index in [9.17, 15) is 8.42 Å². The third-order valence-electron chi connectivity index (χ3n) is 2.92. The van der Waals surface area contributed by atoms with Crippen molar-refractivity contribution in [3.05, 3.63) is 46.8 Å². The summed E-state index contributed by atoms with van der Waals surface area (Å²) < 4.78 is 31.3. The van der Waals surface area contributed by atoms with Gasteiger partial charge in [-0.05, 0) is 29.8 Å². The Morgan fingerprint density at radius 1 is 1.24 bits per heavy atom. The van der Waals surface area contributed by atoms with Crippen molar-refractivity contribution in [3.63, 3.8) is 0 Å². The topological polar surface area (TPSA) is 70.4 Å². The van der Waals surface area contributed by atoms with Gasteiger partial charge in [-0.2, -0.15) is 9.57 Å². The highest BCUT2D eigenvalue weighted by Crippen LogP contribution is 2.25. The molecule has 0 radical (unpaired) electrons. The molecule has 0 amide bonds. The molecule has 1 aromatic carbocycles. The van der Waals surface area contributed by atoms with Crippen LogP contribution in [0.4, 0.5) is 0 Å². The molecule has 2 aromatic rings. The van der Waals surface area contributed by atoms with Gasteiger partial charge in [0.2, 0.25) is 0 Å². The maximum Gasteiger partial charge on any atom is 0.252 e. The lowest BCUT2D eigenvalue weighted by Crippen LogP contribution is -2.25. The van der Waals surface area contributed by atoms with Gasteiger partial charge in [0.15, 0.2) is 0 Å². The molecular formula is C14H14N2O3S2. The first-order chi connectivity index (χ1) is 9.97. The van der Waals surface area contributed by atoms with E-state index in [1.165, 1.54) is 23.5 Å². The Labute approximate surface area is 128 Å². The summed E-state index contributed by atoms with van der Waals surface area (Å²) in [5.41, 5.74) is 0.860. The van der Waals surface area contributed by atoms with Crippen LogP contribution in [0.2, 0.25) is 0 Å². The van der Waals surface area contributed by atoms with Crippen LogP contribution < -0.4 is 4.74 Å². The Kier molecular flexibility index (Phi) is 4.63. The minimum atomic E-state index is -3.57. The minimum absolute atomic E-state index is 0.176. The molecule has 1 heterocycles. The molecule has 0 saturated heterocycles. The molecule has 21 heavy (non-hydrogen) atoms. The first kappa shape index (κ1) is 15.5. The predicted molar refractivity (Wildman–Crippen MR) is 80.7 cm³/mol. The van der Waals surface area contributed by atoms with Gasteiger partial charge in [-0.3, -0.25) is 0 Å². The van der Waals surface area contributed by atoms with Gasteiger partial charge in [0.1, 0.15) is 20.9 Å². The van der Waals surface area contributed by atoms with Gasteiger partial charge < -0.3 is 4.74 Å². The van der Waals surface area contributed by atoms with Crippen LogP contribution in [0.25, 0.3) is 0 Å². The van der Waals surface area contributed by atoms with E-state index in [-0.39, 0.29) is 10.8 Å². The average molecular weight is 322 g/mol. The molecular weight excluding hydrogens is 308 g/mol. The maximum absolute atomic E-state index is 12.4. The fourth-order valence-electron chi connectivity index (χ4n) is 1.75. The highest BCUT2D eigenvalue weighted by molar-refractivity contribution is 7.91. The second-order valence-corrected chi connectivity index (χ2v) is 7.70. The van der Waals surface area contributed by atoms with Gasteiger partial charge in [-0.25, -0.2) is 8.42 Å². The van der Waals surface area contributed by atoms with Crippen LogP contribution in [0.5, 0.6) is 5.75 Å². The number of benzene rings is 1. The first-order valence-corrected chi connectivity index (χ1v) is 8.32. The molecule has 0 fully saturated rings. The van der Waals surface area contributed by atoms with Crippen molar-refractivity contribution in [2.24, 2.45) is 0 Å². The molecule has 0 aliphatic carbocycles. The second kappa shape index (κ2) is 6.26. The zero-order valence-electron chi connectivity index (χ0n) is 11.6. The van der Waals surface area contributed by atoms with E-state index in [1.54, 1.807) is 19.2 Å². The Hall–Kier alpha value is -1.88. The predicted octanol–water partition coefficient (Wildman–Crippen LogP) is 2.45. The molecule has 1 aromatic heterocycles. The lowest BCUT2D eigenvalue weighted by atomic mass is 10.2. The Morgan fingerprint density at radius 2 is 1.90 bits per heavy atom. The quantitative estimate of drug-likeness (QED) is 0.848. The summed E-state index contributed by atoms with van der Waals surface area (Å²) in [4.78, 5) is 0.381. The molecule has 2 rings (SSSR count). The van der Waals surface area contributed by atoms with Crippen LogP contribution in [0, 0.1) is 11.3 Å². The van der Waals surface area contributed by atoms with Crippen molar-refractivity contribution in [3.8, 4) is 11.8 Å². The van der Waals surface area contributed by atoms with Gasteiger partial charge in [0, 0.05) is 13.6 Å². The number of rotatable bonds is 5. The van der Waals surface area contributed by atoms with Crippen molar-refractivity contribution in [2.75, 3.05) is 14.2 Å². The normalized spacial score (nSPS) is 11.3. The molecule has 0 bridgehead atoms. The van der Waals surface area contributed by atoms with Gasteiger partial charge >= 0.3 is 0 Å². The molecule has 0 aliphatic rings. The maximum atomic E-state index is 12.4. The van der Waals surface area contributed by atoms with E-state index in [0.29, 0.717) is 4.88 Å². The zero-order chi connectivity index (χ0) is 15.5. The second-order valence-electron chi connectivity index (χ2n) is 4.34. The third-order valence-corrected chi connectivity index (χ3v) is 6.18. The monoisotopic (exact) mass is 322 g/mol. The molecule has 0 spiro atoms. The lowest BCUT2D eigenvalue weighted by molar-refractivity contribution is 0.414. The standard InChI is InChI=1S/C14H14N2O3S2/c1-16(10-11-3-5-12(19-2)6-4-11)21(17,18)14-8-7-13(9-15)20-14/h3-8H,10H2,1-2H3. The van der Waals surface area contributed by atoms with Gasteiger partial charge in [0.05, 0.1) is 7.11 Å². The number of sulfonamides is 1. The van der Waals surface area contributed by atoms with Crippen molar-refractivity contribution in [1.82, 2.24) is 4.31 Å². The summed E-state index contributed by atoms with van der Waals surface area (Å²) in [7, 11) is -0.475. The summed E-state index contributed by atoms with van der Waals surface area (Å²) in [5, 5.41) is 8.78. The molecule has 0 saturated carbocycles. The Morgan fingerprint density at radius 3 is 2.43 bits per heavy atom. The van der Waals surface area contributed by atoms with E-state index in [0.717, 1.165) is 22.6 Å². The zero-order valence-corrected chi connectivity index (χ0v) is 13.2. The van der Waals surface area contributed by atoms with Crippen LogP contribution in [-0.4, -0.2) is 26.9 Å². The van der Waals surface area contributed by atoms with E-state index in [2.05, 4.69) is 0 Å². The molecule has 5 nitrogen and oxygen atoms in total. The molecule has 0 atom stereocenters. The number of methoxy groups -OCH3 is 1. The van der Waals surface area contributed by atoms with E-state index >= 15 is 0 Å². The van der Waals surface area contributed by atoms with E-state index in [4.69, 9.17) is 10.00 Å². The van der Waals surface area contributed by atoms with Gasteiger partial charge in [-0.1, -0.05) is 12.1 Å². The lowest BCUT2D eigenvalue weighted by Gasteiger charge is -2.16. The van der Waals surface area contributed by atoms with Crippen LogP contribution in [-0.2, 0) is 16.6 Å². The number of thiophene rings is 1. The van der Waals surface area contributed by atoms with Crippen molar-refractivity contribution < 1.29 is 13.2 Å². The molecule has 0 aliphatic heterocycles. The van der Waals surface area contributed by atoms with Crippen molar-refractivity contribution in [2.45, 2.75) is 10.8 Å². The number of ether oxygens (including phenoxy) is 1.